The quantitative estimate of drug-likeness (QED) is 0.693. The van der Waals surface area contributed by atoms with Crippen LogP contribution in [-0.2, 0) is 0 Å². The second-order valence-electron chi connectivity index (χ2n) is 4.36. The molecule has 1 saturated heterocycles. The van der Waals surface area contributed by atoms with Gasteiger partial charge in [-0.2, -0.15) is 0 Å². The van der Waals surface area contributed by atoms with Gasteiger partial charge in [-0.25, -0.2) is 0 Å². The molecular weight excluding hydrogens is 188 g/mol. The van der Waals surface area contributed by atoms with Crippen LogP contribution in [0.2, 0.25) is 0 Å². The third kappa shape index (κ3) is 2.25. The number of guanidine groups is 1. The smallest absolute Gasteiger partial charge is 0.194 e. The van der Waals surface area contributed by atoms with E-state index in [1.54, 1.807) is 0 Å². The van der Waals surface area contributed by atoms with Crippen LogP contribution < -0.4 is 10.6 Å². The molecule has 2 rings (SSSR count). The first-order valence-corrected chi connectivity index (χ1v) is 6.13. The Morgan fingerprint density at radius 3 is 2.87 bits per heavy atom. The zero-order chi connectivity index (χ0) is 10.7. The lowest BCUT2D eigenvalue weighted by Crippen LogP contribution is -2.59. The molecule has 0 aromatic rings. The van der Waals surface area contributed by atoms with Crippen LogP contribution in [0.15, 0.2) is 4.99 Å². The highest BCUT2D eigenvalue weighted by atomic mass is 15.4. The van der Waals surface area contributed by atoms with Crippen molar-refractivity contribution in [2.45, 2.75) is 38.8 Å². The summed E-state index contributed by atoms with van der Waals surface area (Å²) in [5.41, 5.74) is 0. The molecule has 0 radical (unpaired) electrons. The fraction of sp³-hybridized carbons (Fsp3) is 0.909. The molecule has 0 bridgehead atoms. The molecule has 0 aromatic carbocycles. The van der Waals surface area contributed by atoms with Crippen molar-refractivity contribution in [3.8, 4) is 0 Å². The van der Waals surface area contributed by atoms with Gasteiger partial charge in [0.2, 0.25) is 0 Å². The van der Waals surface area contributed by atoms with Crippen molar-refractivity contribution in [3.05, 3.63) is 0 Å². The van der Waals surface area contributed by atoms with Gasteiger partial charge in [0, 0.05) is 31.7 Å². The number of piperazine rings is 1. The Hall–Kier alpha value is -0.770. The van der Waals surface area contributed by atoms with E-state index in [0.29, 0.717) is 12.1 Å². The van der Waals surface area contributed by atoms with Crippen molar-refractivity contribution >= 4 is 5.96 Å². The molecule has 2 N–H and O–H groups in total. The standard InChI is InChI=1S/C11H22N4/c1-3-9-8-15(10(4-2)7-14-9)11-12-5-6-13-11/h9-10,14H,3-8H2,1-2H3,(H,12,13). The number of nitrogens with one attached hydrogen (secondary N) is 2. The largest absolute Gasteiger partial charge is 0.354 e. The van der Waals surface area contributed by atoms with Crippen molar-refractivity contribution in [3.63, 3.8) is 0 Å². The van der Waals surface area contributed by atoms with Crippen LogP contribution in [0.5, 0.6) is 0 Å². The fourth-order valence-corrected chi connectivity index (χ4v) is 2.34. The van der Waals surface area contributed by atoms with Crippen molar-refractivity contribution in [2.75, 3.05) is 26.2 Å². The van der Waals surface area contributed by atoms with Gasteiger partial charge in [-0.1, -0.05) is 13.8 Å². The molecular formula is C11H22N4. The summed E-state index contributed by atoms with van der Waals surface area (Å²) in [6, 6.07) is 1.23. The minimum Gasteiger partial charge on any atom is -0.354 e. The van der Waals surface area contributed by atoms with E-state index in [4.69, 9.17) is 0 Å². The van der Waals surface area contributed by atoms with Crippen LogP contribution in [0.25, 0.3) is 0 Å². The van der Waals surface area contributed by atoms with Gasteiger partial charge in [-0.15, -0.1) is 0 Å². The molecule has 2 aliphatic heterocycles. The summed E-state index contributed by atoms with van der Waals surface area (Å²) in [5.74, 6) is 1.13. The first-order valence-electron chi connectivity index (χ1n) is 6.13. The summed E-state index contributed by atoms with van der Waals surface area (Å²) in [6.07, 6.45) is 2.38. The monoisotopic (exact) mass is 210 g/mol. The van der Waals surface area contributed by atoms with Gasteiger partial charge >= 0.3 is 0 Å². The Labute approximate surface area is 92.1 Å². The zero-order valence-electron chi connectivity index (χ0n) is 9.79. The van der Waals surface area contributed by atoms with E-state index in [2.05, 4.69) is 34.4 Å². The van der Waals surface area contributed by atoms with Crippen LogP contribution in [-0.4, -0.2) is 49.1 Å². The van der Waals surface area contributed by atoms with Crippen LogP contribution in [0, 0.1) is 0 Å². The lowest BCUT2D eigenvalue weighted by Gasteiger charge is -2.41. The van der Waals surface area contributed by atoms with Gasteiger partial charge in [0.15, 0.2) is 5.96 Å². The van der Waals surface area contributed by atoms with E-state index in [1.807, 2.05) is 0 Å². The Balaban J connectivity index is 2.03. The maximum Gasteiger partial charge on any atom is 0.194 e. The zero-order valence-corrected chi connectivity index (χ0v) is 9.79. The maximum atomic E-state index is 4.53. The normalized spacial score (nSPS) is 31.3. The number of aliphatic imine (C=N–C) groups is 1. The summed E-state index contributed by atoms with van der Waals surface area (Å²) in [7, 11) is 0. The van der Waals surface area contributed by atoms with Crippen molar-refractivity contribution in [2.24, 2.45) is 4.99 Å². The molecule has 15 heavy (non-hydrogen) atoms. The SMILES string of the molecule is CCC1CN(C2=NCCN2)C(CC)CN1. The second-order valence-corrected chi connectivity index (χ2v) is 4.36. The highest BCUT2D eigenvalue weighted by molar-refractivity contribution is 5.81. The summed E-state index contributed by atoms with van der Waals surface area (Å²) < 4.78 is 0. The fourth-order valence-electron chi connectivity index (χ4n) is 2.34. The number of rotatable bonds is 2. The van der Waals surface area contributed by atoms with Gasteiger partial charge in [-0.05, 0) is 12.8 Å². The van der Waals surface area contributed by atoms with E-state index in [-0.39, 0.29) is 0 Å². The lowest BCUT2D eigenvalue weighted by atomic mass is 10.1. The first-order chi connectivity index (χ1) is 7.35. The van der Waals surface area contributed by atoms with Gasteiger partial charge in [0.1, 0.15) is 0 Å². The minimum atomic E-state index is 0.608. The molecule has 0 saturated carbocycles. The number of hydrogen-bond acceptors (Lipinski definition) is 4. The third-order valence-electron chi connectivity index (χ3n) is 3.39. The van der Waals surface area contributed by atoms with E-state index in [9.17, 15) is 0 Å². The molecule has 86 valence electrons. The van der Waals surface area contributed by atoms with Gasteiger partial charge in [0.25, 0.3) is 0 Å². The third-order valence-corrected chi connectivity index (χ3v) is 3.39. The predicted octanol–water partition coefficient (Wildman–Crippen LogP) is 0.408. The van der Waals surface area contributed by atoms with Crippen molar-refractivity contribution < 1.29 is 0 Å². The van der Waals surface area contributed by atoms with Crippen LogP contribution in [0.1, 0.15) is 26.7 Å². The lowest BCUT2D eigenvalue weighted by molar-refractivity contribution is 0.201. The summed E-state index contributed by atoms with van der Waals surface area (Å²) in [6.45, 7) is 8.63. The molecule has 0 spiro atoms. The molecule has 0 aliphatic carbocycles. The highest BCUT2D eigenvalue weighted by Crippen LogP contribution is 2.13. The first kappa shape index (κ1) is 10.7. The van der Waals surface area contributed by atoms with Gasteiger partial charge in [-0.3, -0.25) is 4.99 Å². The average molecular weight is 210 g/mol. The van der Waals surface area contributed by atoms with E-state index in [0.717, 1.165) is 32.1 Å². The molecule has 4 heteroatoms. The number of nitrogens with zero attached hydrogens (tertiary/aromatic N) is 2. The molecule has 0 amide bonds. The van der Waals surface area contributed by atoms with E-state index < -0.39 is 0 Å². The second kappa shape index (κ2) is 4.84. The van der Waals surface area contributed by atoms with Gasteiger partial charge < -0.3 is 15.5 Å². The molecule has 1 fully saturated rings. The van der Waals surface area contributed by atoms with E-state index >= 15 is 0 Å². The van der Waals surface area contributed by atoms with Crippen molar-refractivity contribution in [1.29, 1.82) is 0 Å². The summed E-state index contributed by atoms with van der Waals surface area (Å²) >= 11 is 0. The summed E-state index contributed by atoms with van der Waals surface area (Å²) in [4.78, 5) is 6.99. The van der Waals surface area contributed by atoms with Crippen LogP contribution in [0.3, 0.4) is 0 Å². The molecule has 2 atom stereocenters. The van der Waals surface area contributed by atoms with Crippen LogP contribution >= 0.6 is 0 Å². The Bertz CT molecular complexity index is 239. The van der Waals surface area contributed by atoms with E-state index in [1.165, 1.54) is 12.8 Å². The summed E-state index contributed by atoms with van der Waals surface area (Å²) in [5, 5.41) is 6.98. The van der Waals surface area contributed by atoms with Gasteiger partial charge in [0.05, 0.1) is 6.54 Å². The Kier molecular flexibility index (Phi) is 3.46. The predicted molar refractivity (Wildman–Crippen MR) is 63.2 cm³/mol. The Morgan fingerprint density at radius 1 is 1.40 bits per heavy atom. The van der Waals surface area contributed by atoms with Crippen molar-refractivity contribution in [1.82, 2.24) is 15.5 Å². The average Bonchev–Trinajstić information content (AvgIpc) is 2.81. The molecule has 2 heterocycles. The van der Waals surface area contributed by atoms with Crippen LogP contribution in [0.4, 0.5) is 0 Å². The minimum absolute atomic E-state index is 0.608. The molecule has 0 aromatic heterocycles. The maximum absolute atomic E-state index is 4.53. The highest BCUT2D eigenvalue weighted by Gasteiger charge is 2.28. The number of hydrogen-bond donors (Lipinski definition) is 2. The molecule has 2 unspecified atom stereocenters. The Morgan fingerprint density at radius 2 is 2.27 bits per heavy atom. The molecule has 4 nitrogen and oxygen atoms in total. The topological polar surface area (TPSA) is 39.7 Å². The molecule has 2 aliphatic rings.